The van der Waals surface area contributed by atoms with Crippen molar-refractivity contribution in [3.8, 4) is 17.6 Å². The Kier molecular flexibility index (Phi) is 6.52. The fraction of sp³-hybridized carbons (Fsp3) is 0.533. The third kappa shape index (κ3) is 4.33. The van der Waals surface area contributed by atoms with Crippen LogP contribution in [0.5, 0.6) is 11.5 Å². The monoisotopic (exact) mass is 281 g/mol. The predicted molar refractivity (Wildman–Crippen MR) is 77.1 cm³/mol. The van der Waals surface area contributed by atoms with E-state index in [9.17, 15) is 0 Å². The van der Waals surface area contributed by atoms with Crippen molar-refractivity contribution >= 4 is 11.6 Å². The number of ether oxygens (including phenoxy) is 2. The average Bonchev–Trinajstić information content (AvgIpc) is 2.39. The number of nitriles is 1. The summed E-state index contributed by atoms with van der Waals surface area (Å²) in [5, 5.41) is 9.32. The van der Waals surface area contributed by atoms with Crippen LogP contribution in [0.2, 0.25) is 5.02 Å². The molecule has 0 fully saturated rings. The number of rotatable bonds is 7. The third-order valence-electron chi connectivity index (χ3n) is 2.88. The van der Waals surface area contributed by atoms with E-state index in [0.29, 0.717) is 36.2 Å². The maximum atomic E-state index is 8.66. The highest BCUT2D eigenvalue weighted by molar-refractivity contribution is 6.31. The van der Waals surface area contributed by atoms with Gasteiger partial charge >= 0.3 is 0 Å². The minimum absolute atomic E-state index is 0.224. The molecular formula is C15H20ClNO2. The molecule has 0 spiro atoms. The van der Waals surface area contributed by atoms with Gasteiger partial charge in [0.1, 0.15) is 0 Å². The lowest BCUT2D eigenvalue weighted by Gasteiger charge is -2.17. The molecule has 0 saturated carbocycles. The van der Waals surface area contributed by atoms with E-state index in [-0.39, 0.29) is 5.92 Å². The lowest BCUT2D eigenvalue weighted by atomic mass is 9.96. The Labute approximate surface area is 120 Å². The van der Waals surface area contributed by atoms with Gasteiger partial charge in [-0.2, -0.15) is 5.26 Å². The average molecular weight is 282 g/mol. The first-order chi connectivity index (χ1) is 9.13. The van der Waals surface area contributed by atoms with Crippen LogP contribution in [0, 0.1) is 11.3 Å². The van der Waals surface area contributed by atoms with Crippen LogP contribution in [0.1, 0.15) is 45.1 Å². The van der Waals surface area contributed by atoms with Crippen LogP contribution in [-0.2, 0) is 0 Å². The molecular weight excluding hydrogens is 262 g/mol. The van der Waals surface area contributed by atoms with Gasteiger partial charge in [0, 0.05) is 17.5 Å². The number of halogens is 1. The molecule has 0 bridgehead atoms. The zero-order chi connectivity index (χ0) is 14.3. The lowest BCUT2D eigenvalue weighted by Crippen LogP contribution is -2.02. The largest absolute Gasteiger partial charge is 0.490 e. The zero-order valence-electron chi connectivity index (χ0n) is 11.7. The number of hydrogen-bond donors (Lipinski definition) is 0. The quantitative estimate of drug-likeness (QED) is 0.736. The number of hydrogen-bond acceptors (Lipinski definition) is 3. The standard InChI is InChI=1S/C15H20ClNO2/c1-4-18-14-9-12(11(3)7-6-8-17)13(16)10-15(14)19-5-2/h9-11H,4-7H2,1-3H3. The Hall–Kier alpha value is -1.40. The van der Waals surface area contributed by atoms with E-state index in [1.54, 1.807) is 6.07 Å². The molecule has 0 radical (unpaired) electrons. The van der Waals surface area contributed by atoms with Gasteiger partial charge in [-0.05, 0) is 37.8 Å². The van der Waals surface area contributed by atoms with E-state index in [2.05, 4.69) is 13.0 Å². The summed E-state index contributed by atoms with van der Waals surface area (Å²) in [4.78, 5) is 0. The van der Waals surface area contributed by atoms with Crippen molar-refractivity contribution in [2.45, 2.75) is 39.5 Å². The molecule has 1 rings (SSSR count). The summed E-state index contributed by atoms with van der Waals surface area (Å²) in [7, 11) is 0. The summed E-state index contributed by atoms with van der Waals surface area (Å²) in [5.74, 6) is 1.61. The molecule has 0 aliphatic heterocycles. The van der Waals surface area contributed by atoms with Crippen molar-refractivity contribution in [3.05, 3.63) is 22.7 Å². The van der Waals surface area contributed by atoms with Gasteiger partial charge in [-0.15, -0.1) is 0 Å². The van der Waals surface area contributed by atoms with E-state index in [0.717, 1.165) is 12.0 Å². The molecule has 0 aromatic heterocycles. The van der Waals surface area contributed by atoms with Gasteiger partial charge in [0.25, 0.3) is 0 Å². The van der Waals surface area contributed by atoms with Gasteiger partial charge in [0.15, 0.2) is 11.5 Å². The van der Waals surface area contributed by atoms with Crippen molar-refractivity contribution in [2.24, 2.45) is 0 Å². The Morgan fingerprint density at radius 1 is 1.21 bits per heavy atom. The minimum Gasteiger partial charge on any atom is -0.490 e. The fourth-order valence-corrected chi connectivity index (χ4v) is 2.24. The van der Waals surface area contributed by atoms with Gasteiger partial charge in [-0.25, -0.2) is 0 Å². The summed E-state index contributed by atoms with van der Waals surface area (Å²) < 4.78 is 11.1. The predicted octanol–water partition coefficient (Wildman–Crippen LogP) is 4.54. The highest BCUT2D eigenvalue weighted by Gasteiger charge is 2.15. The molecule has 104 valence electrons. The first-order valence-corrected chi connectivity index (χ1v) is 6.97. The Morgan fingerprint density at radius 2 is 1.79 bits per heavy atom. The molecule has 4 heteroatoms. The summed E-state index contributed by atoms with van der Waals surface area (Å²) in [6.07, 6.45) is 1.31. The van der Waals surface area contributed by atoms with E-state index in [1.807, 2.05) is 19.9 Å². The molecule has 0 aliphatic rings. The molecule has 19 heavy (non-hydrogen) atoms. The maximum absolute atomic E-state index is 8.66. The zero-order valence-corrected chi connectivity index (χ0v) is 12.5. The van der Waals surface area contributed by atoms with Gasteiger partial charge < -0.3 is 9.47 Å². The molecule has 0 N–H and O–H groups in total. The van der Waals surface area contributed by atoms with Crippen molar-refractivity contribution in [3.63, 3.8) is 0 Å². The van der Waals surface area contributed by atoms with Gasteiger partial charge in [0.05, 0.1) is 19.3 Å². The summed E-state index contributed by atoms with van der Waals surface area (Å²) in [6.45, 7) is 7.07. The minimum atomic E-state index is 0.224. The van der Waals surface area contributed by atoms with Gasteiger partial charge in [-0.3, -0.25) is 0 Å². The summed E-state index contributed by atoms with van der Waals surface area (Å²) in [5.41, 5.74) is 1.00. The van der Waals surface area contributed by atoms with Crippen LogP contribution in [0.15, 0.2) is 12.1 Å². The Morgan fingerprint density at radius 3 is 2.32 bits per heavy atom. The number of benzene rings is 1. The second-order valence-electron chi connectivity index (χ2n) is 4.28. The Balaban J connectivity index is 3.05. The van der Waals surface area contributed by atoms with E-state index < -0.39 is 0 Å². The molecule has 1 atom stereocenters. The maximum Gasteiger partial charge on any atom is 0.162 e. The molecule has 1 unspecified atom stereocenters. The van der Waals surface area contributed by atoms with Crippen LogP contribution in [0.25, 0.3) is 0 Å². The lowest BCUT2D eigenvalue weighted by molar-refractivity contribution is 0.287. The van der Waals surface area contributed by atoms with E-state index >= 15 is 0 Å². The van der Waals surface area contributed by atoms with E-state index in [1.165, 1.54) is 0 Å². The van der Waals surface area contributed by atoms with Gasteiger partial charge in [0.2, 0.25) is 0 Å². The van der Waals surface area contributed by atoms with Gasteiger partial charge in [-0.1, -0.05) is 18.5 Å². The molecule has 3 nitrogen and oxygen atoms in total. The number of nitrogens with zero attached hydrogens (tertiary/aromatic N) is 1. The SMILES string of the molecule is CCOc1cc(Cl)c(C(C)CCC#N)cc1OCC. The summed E-state index contributed by atoms with van der Waals surface area (Å²) >= 11 is 6.29. The van der Waals surface area contributed by atoms with Crippen LogP contribution >= 0.6 is 11.6 Å². The van der Waals surface area contributed by atoms with Crippen molar-refractivity contribution in [2.75, 3.05) is 13.2 Å². The molecule has 0 heterocycles. The van der Waals surface area contributed by atoms with E-state index in [4.69, 9.17) is 26.3 Å². The van der Waals surface area contributed by atoms with Crippen LogP contribution < -0.4 is 9.47 Å². The van der Waals surface area contributed by atoms with Crippen molar-refractivity contribution in [1.29, 1.82) is 5.26 Å². The molecule has 0 amide bonds. The molecule has 0 saturated heterocycles. The topological polar surface area (TPSA) is 42.2 Å². The highest BCUT2D eigenvalue weighted by Crippen LogP contribution is 2.38. The highest BCUT2D eigenvalue weighted by atomic mass is 35.5. The molecule has 0 aliphatic carbocycles. The van der Waals surface area contributed by atoms with Crippen molar-refractivity contribution < 1.29 is 9.47 Å². The van der Waals surface area contributed by atoms with Crippen molar-refractivity contribution in [1.82, 2.24) is 0 Å². The third-order valence-corrected chi connectivity index (χ3v) is 3.21. The van der Waals surface area contributed by atoms with Crippen LogP contribution in [-0.4, -0.2) is 13.2 Å². The normalized spacial score (nSPS) is 11.7. The van der Waals surface area contributed by atoms with Crippen LogP contribution in [0.4, 0.5) is 0 Å². The first-order valence-electron chi connectivity index (χ1n) is 6.59. The summed E-state index contributed by atoms with van der Waals surface area (Å²) in [6, 6.07) is 5.89. The Bertz CT molecular complexity index is 454. The second-order valence-corrected chi connectivity index (χ2v) is 4.69. The first kappa shape index (κ1) is 15.7. The molecule has 1 aromatic carbocycles. The van der Waals surface area contributed by atoms with Crippen LogP contribution in [0.3, 0.4) is 0 Å². The second kappa shape index (κ2) is 7.91. The molecule has 1 aromatic rings. The fourth-order valence-electron chi connectivity index (χ4n) is 1.90. The smallest absolute Gasteiger partial charge is 0.162 e.